The number of carboxylic acid groups (broad SMARTS) is 1. The first kappa shape index (κ1) is 19.6. The molecule has 1 aliphatic rings. The lowest BCUT2D eigenvalue weighted by Crippen LogP contribution is -2.46. The topological polar surface area (TPSA) is 52.6 Å². The van der Waals surface area contributed by atoms with Crippen LogP contribution < -0.4 is 5.32 Å². The summed E-state index contributed by atoms with van der Waals surface area (Å²) in [6.45, 7) is 3.19. The molecular formula is C23H30N2O2. The predicted octanol–water partition coefficient (Wildman–Crippen LogP) is 3.72. The van der Waals surface area contributed by atoms with Crippen LogP contribution in [0.3, 0.4) is 0 Å². The highest BCUT2D eigenvalue weighted by molar-refractivity contribution is 5.66. The van der Waals surface area contributed by atoms with E-state index in [1.54, 1.807) is 0 Å². The van der Waals surface area contributed by atoms with Gasteiger partial charge in [0.2, 0.25) is 0 Å². The zero-order valence-corrected chi connectivity index (χ0v) is 15.9. The molecule has 1 saturated heterocycles. The average molecular weight is 367 g/mol. The molecule has 1 atom stereocenters. The molecular weight excluding hydrogens is 336 g/mol. The second-order valence-corrected chi connectivity index (χ2v) is 7.52. The number of aliphatic carboxylic acids is 1. The molecule has 4 heteroatoms. The molecule has 2 aromatic rings. The van der Waals surface area contributed by atoms with Crippen LogP contribution in [0, 0.1) is 0 Å². The van der Waals surface area contributed by atoms with Crippen molar-refractivity contribution in [3.8, 4) is 0 Å². The largest absolute Gasteiger partial charge is 0.481 e. The lowest BCUT2D eigenvalue weighted by atomic mass is 9.97. The Labute approximate surface area is 162 Å². The molecule has 27 heavy (non-hydrogen) atoms. The van der Waals surface area contributed by atoms with Crippen LogP contribution in [0.2, 0.25) is 0 Å². The smallest absolute Gasteiger partial charge is 0.303 e. The van der Waals surface area contributed by atoms with Crippen LogP contribution in [0.4, 0.5) is 0 Å². The molecule has 1 heterocycles. The zero-order chi connectivity index (χ0) is 18.9. The summed E-state index contributed by atoms with van der Waals surface area (Å²) in [5, 5.41) is 12.8. The summed E-state index contributed by atoms with van der Waals surface area (Å²) < 4.78 is 0. The number of piperidine rings is 1. The van der Waals surface area contributed by atoms with Gasteiger partial charge in [-0.25, -0.2) is 0 Å². The maximum absolute atomic E-state index is 11.0. The highest BCUT2D eigenvalue weighted by Gasteiger charge is 2.22. The van der Waals surface area contributed by atoms with Crippen molar-refractivity contribution in [2.24, 2.45) is 0 Å². The maximum Gasteiger partial charge on any atom is 0.303 e. The molecule has 1 unspecified atom stereocenters. The van der Waals surface area contributed by atoms with Crippen LogP contribution in [0.1, 0.15) is 36.8 Å². The third-order valence-corrected chi connectivity index (χ3v) is 5.34. The molecule has 4 nitrogen and oxygen atoms in total. The Bertz CT molecular complexity index is 682. The van der Waals surface area contributed by atoms with Crippen LogP contribution in [-0.2, 0) is 17.8 Å². The van der Waals surface area contributed by atoms with E-state index in [0.29, 0.717) is 12.5 Å². The van der Waals surface area contributed by atoms with E-state index in [-0.39, 0.29) is 12.5 Å². The van der Waals surface area contributed by atoms with Gasteiger partial charge in [0.05, 0.1) is 0 Å². The van der Waals surface area contributed by atoms with Gasteiger partial charge in [-0.3, -0.25) is 9.69 Å². The fraction of sp³-hybridized carbons (Fsp3) is 0.435. The van der Waals surface area contributed by atoms with Gasteiger partial charge >= 0.3 is 5.97 Å². The van der Waals surface area contributed by atoms with Gasteiger partial charge in [-0.1, -0.05) is 60.7 Å². The Kier molecular flexibility index (Phi) is 7.43. The summed E-state index contributed by atoms with van der Waals surface area (Å²) in [5.74, 6) is -0.715. The highest BCUT2D eigenvalue weighted by Crippen LogP contribution is 2.16. The monoisotopic (exact) mass is 366 g/mol. The first-order chi connectivity index (χ1) is 13.2. The quantitative estimate of drug-likeness (QED) is 0.710. The molecule has 0 spiro atoms. The van der Waals surface area contributed by atoms with E-state index in [2.05, 4.69) is 52.7 Å². The van der Waals surface area contributed by atoms with E-state index < -0.39 is 5.97 Å². The van der Waals surface area contributed by atoms with Crippen molar-refractivity contribution in [1.29, 1.82) is 0 Å². The Hall–Kier alpha value is -2.17. The van der Waals surface area contributed by atoms with E-state index in [4.69, 9.17) is 5.11 Å². The molecule has 0 bridgehead atoms. The van der Waals surface area contributed by atoms with E-state index >= 15 is 0 Å². The Morgan fingerprint density at radius 1 is 1.00 bits per heavy atom. The first-order valence-electron chi connectivity index (χ1n) is 9.97. The first-order valence-corrected chi connectivity index (χ1v) is 9.97. The van der Waals surface area contributed by atoms with Crippen molar-refractivity contribution < 1.29 is 9.90 Å². The van der Waals surface area contributed by atoms with Crippen molar-refractivity contribution in [2.75, 3.05) is 13.1 Å². The lowest BCUT2D eigenvalue weighted by Gasteiger charge is -2.34. The van der Waals surface area contributed by atoms with Crippen molar-refractivity contribution in [3.63, 3.8) is 0 Å². The minimum Gasteiger partial charge on any atom is -0.481 e. The SMILES string of the molecule is O=C(O)CCC(Cc1ccccc1)NC1CCN(Cc2ccccc2)CC1. The van der Waals surface area contributed by atoms with Gasteiger partial charge in [0.25, 0.3) is 0 Å². The number of carboxylic acids is 1. The molecule has 1 fully saturated rings. The highest BCUT2D eigenvalue weighted by atomic mass is 16.4. The third kappa shape index (κ3) is 6.81. The van der Waals surface area contributed by atoms with Crippen LogP contribution in [0.5, 0.6) is 0 Å². The fourth-order valence-electron chi connectivity index (χ4n) is 3.87. The molecule has 2 aromatic carbocycles. The van der Waals surface area contributed by atoms with Crippen molar-refractivity contribution in [3.05, 3.63) is 71.8 Å². The second kappa shape index (κ2) is 10.2. The summed E-state index contributed by atoms with van der Waals surface area (Å²) in [4.78, 5) is 13.5. The van der Waals surface area contributed by atoms with E-state index in [9.17, 15) is 4.79 Å². The standard InChI is InChI=1S/C23H30N2O2/c26-23(27)12-11-22(17-19-7-3-1-4-8-19)24-21-13-15-25(16-14-21)18-20-9-5-2-6-10-20/h1-10,21-22,24H,11-18H2,(H,26,27). The minimum absolute atomic E-state index is 0.217. The predicted molar refractivity (Wildman–Crippen MR) is 109 cm³/mol. The van der Waals surface area contributed by atoms with Gasteiger partial charge in [0.1, 0.15) is 0 Å². The fourth-order valence-corrected chi connectivity index (χ4v) is 3.87. The molecule has 3 rings (SSSR count). The summed E-state index contributed by atoms with van der Waals surface area (Å²) in [6.07, 6.45) is 4.01. The van der Waals surface area contributed by atoms with Crippen molar-refractivity contribution in [1.82, 2.24) is 10.2 Å². The van der Waals surface area contributed by atoms with Gasteiger partial charge in [-0.15, -0.1) is 0 Å². The van der Waals surface area contributed by atoms with Gasteiger partial charge in [0, 0.05) is 25.0 Å². The third-order valence-electron chi connectivity index (χ3n) is 5.34. The van der Waals surface area contributed by atoms with E-state index in [0.717, 1.165) is 38.9 Å². The number of carbonyl (C=O) groups is 1. The minimum atomic E-state index is -0.715. The lowest BCUT2D eigenvalue weighted by molar-refractivity contribution is -0.137. The number of nitrogens with one attached hydrogen (secondary N) is 1. The van der Waals surface area contributed by atoms with Gasteiger partial charge in [-0.2, -0.15) is 0 Å². The Morgan fingerprint density at radius 3 is 2.19 bits per heavy atom. The van der Waals surface area contributed by atoms with E-state index in [1.165, 1.54) is 11.1 Å². The van der Waals surface area contributed by atoms with Crippen LogP contribution in [0.15, 0.2) is 60.7 Å². The summed E-state index contributed by atoms with van der Waals surface area (Å²) >= 11 is 0. The number of likely N-dealkylation sites (tertiary alicyclic amines) is 1. The van der Waals surface area contributed by atoms with Crippen molar-refractivity contribution >= 4 is 5.97 Å². The number of rotatable bonds is 9. The number of hydrogen-bond acceptors (Lipinski definition) is 3. The molecule has 0 aliphatic carbocycles. The summed E-state index contributed by atoms with van der Waals surface area (Å²) in [6, 6.07) is 21.7. The maximum atomic E-state index is 11.0. The number of benzene rings is 2. The van der Waals surface area contributed by atoms with Crippen LogP contribution >= 0.6 is 0 Å². The van der Waals surface area contributed by atoms with Gasteiger partial charge < -0.3 is 10.4 Å². The molecule has 1 aliphatic heterocycles. The zero-order valence-electron chi connectivity index (χ0n) is 15.9. The summed E-state index contributed by atoms with van der Waals surface area (Å²) in [5.41, 5.74) is 2.63. The Morgan fingerprint density at radius 2 is 1.59 bits per heavy atom. The molecule has 2 N–H and O–H groups in total. The Balaban J connectivity index is 1.49. The summed E-state index contributed by atoms with van der Waals surface area (Å²) in [7, 11) is 0. The number of hydrogen-bond donors (Lipinski definition) is 2. The second-order valence-electron chi connectivity index (χ2n) is 7.52. The average Bonchev–Trinajstić information content (AvgIpc) is 2.69. The normalized spacial score (nSPS) is 16.9. The molecule has 0 radical (unpaired) electrons. The number of nitrogens with zero attached hydrogens (tertiary/aromatic N) is 1. The van der Waals surface area contributed by atoms with Gasteiger partial charge in [0.15, 0.2) is 0 Å². The van der Waals surface area contributed by atoms with Gasteiger partial charge in [-0.05, 0) is 49.9 Å². The molecule has 144 valence electrons. The molecule has 0 saturated carbocycles. The van der Waals surface area contributed by atoms with Crippen LogP contribution in [0.25, 0.3) is 0 Å². The van der Waals surface area contributed by atoms with Crippen molar-refractivity contribution in [2.45, 2.75) is 50.7 Å². The van der Waals surface area contributed by atoms with Crippen LogP contribution in [-0.4, -0.2) is 41.1 Å². The molecule has 0 amide bonds. The molecule has 0 aromatic heterocycles. The van der Waals surface area contributed by atoms with E-state index in [1.807, 2.05) is 18.2 Å².